The maximum absolute atomic E-state index is 5.72. The molecule has 0 unspecified atom stereocenters. The Morgan fingerprint density at radius 1 is 1.43 bits per heavy atom. The van der Waals surface area contributed by atoms with Gasteiger partial charge in [-0.2, -0.15) is 0 Å². The van der Waals surface area contributed by atoms with Gasteiger partial charge in [-0.3, -0.25) is 0 Å². The van der Waals surface area contributed by atoms with Gasteiger partial charge < -0.3 is 10.1 Å². The van der Waals surface area contributed by atoms with Crippen LogP contribution in [0.3, 0.4) is 0 Å². The topological polar surface area (TPSA) is 21.3 Å². The standard InChI is InChI=1S/C11H15NOS/c1-12-10-7-9(13-8-3-4-8)5-6-11(10)14-2/h5-8,12H,3-4H2,1-2H3. The summed E-state index contributed by atoms with van der Waals surface area (Å²) in [6.45, 7) is 0. The van der Waals surface area contributed by atoms with Gasteiger partial charge in [0, 0.05) is 18.0 Å². The summed E-state index contributed by atoms with van der Waals surface area (Å²) < 4.78 is 5.72. The SMILES string of the molecule is CNc1cc(OC2CC2)ccc1SC. The van der Waals surface area contributed by atoms with E-state index in [-0.39, 0.29) is 0 Å². The molecule has 0 spiro atoms. The van der Waals surface area contributed by atoms with Crippen LogP contribution in [0.2, 0.25) is 0 Å². The Morgan fingerprint density at radius 2 is 2.21 bits per heavy atom. The van der Waals surface area contributed by atoms with Gasteiger partial charge in [-0.1, -0.05) is 0 Å². The van der Waals surface area contributed by atoms with E-state index in [4.69, 9.17) is 4.74 Å². The smallest absolute Gasteiger partial charge is 0.121 e. The first-order chi connectivity index (χ1) is 6.83. The number of anilines is 1. The van der Waals surface area contributed by atoms with Crippen molar-refractivity contribution in [3.05, 3.63) is 18.2 Å². The lowest BCUT2D eigenvalue weighted by Crippen LogP contribution is -1.97. The minimum atomic E-state index is 0.472. The van der Waals surface area contributed by atoms with Crippen molar-refractivity contribution in [2.24, 2.45) is 0 Å². The number of thioether (sulfide) groups is 1. The van der Waals surface area contributed by atoms with E-state index in [1.807, 2.05) is 13.1 Å². The molecule has 0 heterocycles. The van der Waals surface area contributed by atoms with Crippen molar-refractivity contribution in [2.45, 2.75) is 23.8 Å². The molecule has 0 atom stereocenters. The molecule has 0 amide bonds. The molecule has 1 aromatic carbocycles. The minimum Gasteiger partial charge on any atom is -0.490 e. The van der Waals surface area contributed by atoms with Gasteiger partial charge in [0.05, 0.1) is 11.8 Å². The lowest BCUT2D eigenvalue weighted by Gasteiger charge is -2.10. The highest BCUT2D eigenvalue weighted by molar-refractivity contribution is 7.98. The van der Waals surface area contributed by atoms with Crippen LogP contribution in [-0.2, 0) is 0 Å². The number of hydrogen-bond donors (Lipinski definition) is 1. The van der Waals surface area contributed by atoms with Crippen LogP contribution < -0.4 is 10.1 Å². The molecule has 0 aromatic heterocycles. The number of nitrogens with one attached hydrogen (secondary N) is 1. The fourth-order valence-corrected chi connectivity index (χ4v) is 1.92. The molecule has 0 radical (unpaired) electrons. The molecule has 0 saturated heterocycles. The molecule has 76 valence electrons. The molecular formula is C11H15NOS. The Balaban J connectivity index is 2.16. The normalized spacial score (nSPS) is 15.3. The second-order valence-corrected chi connectivity index (χ2v) is 4.28. The first-order valence-corrected chi connectivity index (χ1v) is 6.08. The largest absolute Gasteiger partial charge is 0.490 e. The van der Waals surface area contributed by atoms with Crippen molar-refractivity contribution in [2.75, 3.05) is 18.6 Å². The van der Waals surface area contributed by atoms with E-state index in [2.05, 4.69) is 23.7 Å². The van der Waals surface area contributed by atoms with E-state index in [9.17, 15) is 0 Å². The molecule has 1 aliphatic rings. The van der Waals surface area contributed by atoms with Crippen LogP contribution in [0.25, 0.3) is 0 Å². The molecular weight excluding hydrogens is 194 g/mol. The summed E-state index contributed by atoms with van der Waals surface area (Å²) in [5.41, 5.74) is 1.15. The molecule has 1 fully saturated rings. The van der Waals surface area contributed by atoms with E-state index < -0.39 is 0 Å². The van der Waals surface area contributed by atoms with E-state index in [1.165, 1.54) is 17.7 Å². The molecule has 1 aromatic rings. The number of ether oxygens (including phenoxy) is 1. The van der Waals surface area contributed by atoms with Crippen molar-refractivity contribution >= 4 is 17.4 Å². The fourth-order valence-electron chi connectivity index (χ4n) is 1.33. The van der Waals surface area contributed by atoms with Gasteiger partial charge in [0.2, 0.25) is 0 Å². The van der Waals surface area contributed by atoms with Crippen LogP contribution in [0.4, 0.5) is 5.69 Å². The number of hydrogen-bond acceptors (Lipinski definition) is 3. The predicted octanol–water partition coefficient (Wildman–Crippen LogP) is 2.99. The zero-order valence-electron chi connectivity index (χ0n) is 8.54. The maximum Gasteiger partial charge on any atom is 0.121 e. The van der Waals surface area contributed by atoms with Crippen molar-refractivity contribution in [3.8, 4) is 5.75 Å². The van der Waals surface area contributed by atoms with Crippen LogP contribution in [0.5, 0.6) is 5.75 Å². The van der Waals surface area contributed by atoms with E-state index in [1.54, 1.807) is 11.8 Å². The summed E-state index contributed by atoms with van der Waals surface area (Å²) in [6, 6.07) is 6.23. The van der Waals surface area contributed by atoms with Gasteiger partial charge in [-0.05, 0) is 31.2 Å². The number of benzene rings is 1. The highest BCUT2D eigenvalue weighted by atomic mass is 32.2. The van der Waals surface area contributed by atoms with Crippen LogP contribution in [0.15, 0.2) is 23.1 Å². The average molecular weight is 209 g/mol. The molecule has 1 N–H and O–H groups in total. The Kier molecular flexibility index (Phi) is 2.87. The van der Waals surface area contributed by atoms with E-state index >= 15 is 0 Å². The molecule has 0 bridgehead atoms. The van der Waals surface area contributed by atoms with Crippen molar-refractivity contribution in [3.63, 3.8) is 0 Å². The van der Waals surface area contributed by atoms with Crippen LogP contribution in [0.1, 0.15) is 12.8 Å². The maximum atomic E-state index is 5.72. The molecule has 0 aliphatic heterocycles. The summed E-state index contributed by atoms with van der Waals surface area (Å²) in [5, 5.41) is 3.18. The van der Waals surface area contributed by atoms with Crippen molar-refractivity contribution in [1.29, 1.82) is 0 Å². The van der Waals surface area contributed by atoms with Gasteiger partial charge in [0.25, 0.3) is 0 Å². The van der Waals surface area contributed by atoms with Crippen molar-refractivity contribution in [1.82, 2.24) is 0 Å². The average Bonchev–Trinajstić information content (AvgIpc) is 3.01. The predicted molar refractivity (Wildman–Crippen MR) is 61.4 cm³/mol. The van der Waals surface area contributed by atoms with E-state index in [0.29, 0.717) is 6.10 Å². The summed E-state index contributed by atoms with van der Waals surface area (Å²) in [4.78, 5) is 1.26. The lowest BCUT2D eigenvalue weighted by atomic mass is 10.3. The fraction of sp³-hybridized carbons (Fsp3) is 0.455. The molecule has 14 heavy (non-hydrogen) atoms. The Hall–Kier alpha value is -0.830. The second kappa shape index (κ2) is 4.13. The molecule has 3 heteroatoms. The first kappa shape index (κ1) is 9.71. The molecule has 1 saturated carbocycles. The first-order valence-electron chi connectivity index (χ1n) is 4.86. The summed E-state index contributed by atoms with van der Waals surface area (Å²) in [7, 11) is 1.94. The Morgan fingerprint density at radius 3 is 2.79 bits per heavy atom. The second-order valence-electron chi connectivity index (χ2n) is 3.43. The van der Waals surface area contributed by atoms with Crippen LogP contribution in [-0.4, -0.2) is 19.4 Å². The summed E-state index contributed by atoms with van der Waals surface area (Å²) in [6.07, 6.45) is 4.97. The quantitative estimate of drug-likeness (QED) is 0.770. The van der Waals surface area contributed by atoms with Crippen LogP contribution >= 0.6 is 11.8 Å². The lowest BCUT2D eigenvalue weighted by molar-refractivity contribution is 0.303. The van der Waals surface area contributed by atoms with Crippen molar-refractivity contribution < 1.29 is 4.74 Å². The monoisotopic (exact) mass is 209 g/mol. The Labute approximate surface area is 89.0 Å². The molecule has 2 rings (SSSR count). The zero-order chi connectivity index (χ0) is 9.97. The molecule has 1 aliphatic carbocycles. The summed E-state index contributed by atoms with van der Waals surface area (Å²) >= 11 is 1.75. The van der Waals surface area contributed by atoms with Gasteiger partial charge in [-0.25, -0.2) is 0 Å². The number of rotatable bonds is 4. The van der Waals surface area contributed by atoms with E-state index in [0.717, 1.165) is 11.4 Å². The third-order valence-electron chi connectivity index (χ3n) is 2.27. The minimum absolute atomic E-state index is 0.472. The third-order valence-corrected chi connectivity index (χ3v) is 3.06. The Bertz CT molecular complexity index is 323. The van der Waals surface area contributed by atoms with Gasteiger partial charge in [0.15, 0.2) is 0 Å². The highest BCUT2D eigenvalue weighted by Gasteiger charge is 2.23. The third kappa shape index (κ3) is 2.15. The van der Waals surface area contributed by atoms with Gasteiger partial charge in [-0.15, -0.1) is 11.8 Å². The van der Waals surface area contributed by atoms with Gasteiger partial charge in [0.1, 0.15) is 5.75 Å². The zero-order valence-corrected chi connectivity index (χ0v) is 9.36. The summed E-state index contributed by atoms with van der Waals surface area (Å²) in [5.74, 6) is 0.981. The molecule has 2 nitrogen and oxygen atoms in total. The van der Waals surface area contributed by atoms with Gasteiger partial charge >= 0.3 is 0 Å². The van der Waals surface area contributed by atoms with Crippen LogP contribution in [0, 0.1) is 0 Å². The highest BCUT2D eigenvalue weighted by Crippen LogP contribution is 2.32.